The van der Waals surface area contributed by atoms with Gasteiger partial charge < -0.3 is 40.2 Å². The van der Waals surface area contributed by atoms with Crippen LogP contribution in [-0.4, -0.2) is 42.3 Å². The van der Waals surface area contributed by atoms with Crippen molar-refractivity contribution >= 4 is 46.9 Å². The Balaban J connectivity index is 0.00000578. The zero-order chi connectivity index (χ0) is 24.4. The number of benzene rings is 2. The SMILES string of the molecule is NC(=O)[C@H](Cc1ccccc1)NC(=O)[C@H](CCCN=C(N)N)NC(=O)c1ccc(Cl)c(Cl)c1.[Cl-]. The molecule has 0 bridgehead atoms. The van der Waals surface area contributed by atoms with Crippen molar-refractivity contribution in [3.63, 3.8) is 0 Å². The van der Waals surface area contributed by atoms with Gasteiger partial charge in [-0.3, -0.25) is 19.4 Å². The first-order chi connectivity index (χ1) is 15.7. The summed E-state index contributed by atoms with van der Waals surface area (Å²) in [5, 5.41) is 5.79. The van der Waals surface area contributed by atoms with Crippen LogP contribution in [0.25, 0.3) is 0 Å². The molecule has 2 aromatic rings. The van der Waals surface area contributed by atoms with E-state index in [0.717, 1.165) is 5.56 Å². The minimum atomic E-state index is -0.973. The first-order valence-corrected chi connectivity index (χ1v) is 10.9. The van der Waals surface area contributed by atoms with E-state index in [4.69, 9.17) is 40.4 Å². The van der Waals surface area contributed by atoms with Crippen LogP contribution in [0.15, 0.2) is 53.5 Å². The van der Waals surface area contributed by atoms with Gasteiger partial charge in [-0.25, -0.2) is 0 Å². The second-order valence-electron chi connectivity index (χ2n) is 7.26. The fourth-order valence-electron chi connectivity index (χ4n) is 3.00. The van der Waals surface area contributed by atoms with Crippen LogP contribution in [0.1, 0.15) is 28.8 Å². The molecule has 0 heterocycles. The molecule has 0 aliphatic rings. The lowest BCUT2D eigenvalue weighted by atomic mass is 10.0. The third-order valence-electron chi connectivity index (χ3n) is 4.69. The van der Waals surface area contributed by atoms with Crippen LogP contribution in [0.2, 0.25) is 10.0 Å². The summed E-state index contributed by atoms with van der Waals surface area (Å²) in [4.78, 5) is 41.6. The number of nitrogens with two attached hydrogens (primary N) is 3. The van der Waals surface area contributed by atoms with E-state index in [1.165, 1.54) is 18.2 Å². The molecular formula is C22H26Cl3N6O3-. The van der Waals surface area contributed by atoms with Crippen molar-refractivity contribution in [2.45, 2.75) is 31.3 Å². The average molecular weight is 529 g/mol. The molecule has 0 aliphatic heterocycles. The molecule has 0 fully saturated rings. The maximum Gasteiger partial charge on any atom is 0.251 e. The molecule has 12 heteroatoms. The Morgan fingerprint density at radius 2 is 1.59 bits per heavy atom. The van der Waals surface area contributed by atoms with Crippen molar-refractivity contribution in [3.05, 3.63) is 69.7 Å². The summed E-state index contributed by atoms with van der Waals surface area (Å²) < 4.78 is 0. The summed E-state index contributed by atoms with van der Waals surface area (Å²) in [6, 6.07) is 11.6. The number of primary amides is 1. The molecule has 0 aliphatic carbocycles. The monoisotopic (exact) mass is 527 g/mol. The summed E-state index contributed by atoms with van der Waals surface area (Å²) in [6.07, 6.45) is 0.827. The average Bonchev–Trinajstić information content (AvgIpc) is 2.77. The number of guanidine groups is 1. The number of nitrogens with zero attached hydrogens (tertiary/aromatic N) is 1. The van der Waals surface area contributed by atoms with Crippen molar-refractivity contribution in [3.8, 4) is 0 Å². The fourth-order valence-corrected chi connectivity index (χ4v) is 3.29. The highest BCUT2D eigenvalue weighted by atomic mass is 35.5. The first kappa shape index (κ1) is 29.0. The minimum Gasteiger partial charge on any atom is -1.00 e. The van der Waals surface area contributed by atoms with Gasteiger partial charge in [-0.15, -0.1) is 0 Å². The third-order valence-corrected chi connectivity index (χ3v) is 5.43. The molecule has 2 aromatic carbocycles. The Hall–Kier alpha value is -3.01. The second-order valence-corrected chi connectivity index (χ2v) is 8.07. The van der Waals surface area contributed by atoms with E-state index in [0.29, 0.717) is 11.4 Å². The standard InChI is InChI=1S/C22H26Cl2N6O3.ClH/c23-15-9-8-14(12-16(15)24)20(32)29-17(7-4-10-28-22(26)27)21(33)30-18(19(25)31)11-13-5-2-1-3-6-13;/h1-3,5-6,8-9,12,17-18H,4,7,10-11H2,(H2,25,31)(H,29,32)(H,30,33)(H4,26,27,28);1H/p-1/t17-,18-;/m0./s1. The molecule has 8 N–H and O–H groups in total. The van der Waals surface area contributed by atoms with Crippen LogP contribution in [-0.2, 0) is 16.0 Å². The lowest BCUT2D eigenvalue weighted by molar-refractivity contribution is -0.128. The van der Waals surface area contributed by atoms with E-state index in [9.17, 15) is 14.4 Å². The van der Waals surface area contributed by atoms with Gasteiger partial charge in [0.15, 0.2) is 5.96 Å². The molecule has 0 radical (unpaired) electrons. The predicted octanol–water partition coefficient (Wildman–Crippen LogP) is -1.64. The van der Waals surface area contributed by atoms with Crippen LogP contribution in [0.5, 0.6) is 0 Å². The molecule has 0 saturated heterocycles. The summed E-state index contributed by atoms with van der Waals surface area (Å²) in [5.74, 6) is -1.86. The van der Waals surface area contributed by atoms with E-state index < -0.39 is 29.8 Å². The van der Waals surface area contributed by atoms with Crippen LogP contribution in [0.4, 0.5) is 0 Å². The number of carbonyl (C=O) groups excluding carboxylic acids is 3. The Morgan fingerprint density at radius 1 is 0.912 bits per heavy atom. The Kier molecular flexibility index (Phi) is 12.2. The van der Waals surface area contributed by atoms with Crippen molar-refractivity contribution in [2.75, 3.05) is 6.54 Å². The van der Waals surface area contributed by atoms with Crippen LogP contribution < -0.4 is 40.2 Å². The van der Waals surface area contributed by atoms with Crippen molar-refractivity contribution in [1.29, 1.82) is 0 Å². The first-order valence-electron chi connectivity index (χ1n) is 10.1. The second kappa shape index (κ2) is 14.3. The zero-order valence-corrected chi connectivity index (χ0v) is 20.4. The maximum atomic E-state index is 13.0. The maximum absolute atomic E-state index is 13.0. The van der Waals surface area contributed by atoms with Gasteiger partial charge >= 0.3 is 0 Å². The normalized spacial score (nSPS) is 11.9. The number of halogens is 3. The number of hydrogen-bond acceptors (Lipinski definition) is 4. The largest absolute Gasteiger partial charge is 1.00 e. The van der Waals surface area contributed by atoms with Crippen LogP contribution >= 0.6 is 23.2 Å². The molecule has 34 heavy (non-hydrogen) atoms. The molecule has 2 rings (SSSR count). The van der Waals surface area contributed by atoms with Gasteiger partial charge in [0.25, 0.3) is 5.91 Å². The van der Waals surface area contributed by atoms with E-state index in [2.05, 4.69) is 15.6 Å². The lowest BCUT2D eigenvalue weighted by Crippen LogP contribution is -3.00. The number of carbonyl (C=O) groups is 3. The zero-order valence-electron chi connectivity index (χ0n) is 18.1. The topological polar surface area (TPSA) is 166 Å². The van der Waals surface area contributed by atoms with E-state index in [1.54, 1.807) is 0 Å². The van der Waals surface area contributed by atoms with E-state index >= 15 is 0 Å². The van der Waals surface area contributed by atoms with Crippen molar-refractivity contribution in [2.24, 2.45) is 22.2 Å². The molecule has 0 aromatic heterocycles. The summed E-state index contributed by atoms with van der Waals surface area (Å²) in [7, 11) is 0. The molecule has 0 saturated carbocycles. The molecule has 9 nitrogen and oxygen atoms in total. The van der Waals surface area contributed by atoms with Crippen LogP contribution in [0, 0.1) is 0 Å². The van der Waals surface area contributed by atoms with Crippen molar-refractivity contribution in [1.82, 2.24) is 10.6 Å². The fraction of sp³-hybridized carbons (Fsp3) is 0.273. The molecule has 0 unspecified atom stereocenters. The van der Waals surface area contributed by atoms with E-state index in [-0.39, 0.29) is 48.3 Å². The smallest absolute Gasteiger partial charge is 0.251 e. The number of aliphatic imine (C=N–C) groups is 1. The molecule has 0 spiro atoms. The summed E-state index contributed by atoms with van der Waals surface area (Å²) >= 11 is 11.9. The van der Waals surface area contributed by atoms with Gasteiger partial charge in [0.05, 0.1) is 10.0 Å². The van der Waals surface area contributed by atoms with Gasteiger partial charge in [0.2, 0.25) is 11.8 Å². The minimum absolute atomic E-state index is 0. The summed E-state index contributed by atoms with van der Waals surface area (Å²) in [5.41, 5.74) is 17.2. The van der Waals surface area contributed by atoms with Gasteiger partial charge in [-0.1, -0.05) is 53.5 Å². The Morgan fingerprint density at radius 3 is 2.18 bits per heavy atom. The number of amides is 3. The highest BCUT2D eigenvalue weighted by Crippen LogP contribution is 2.22. The van der Waals surface area contributed by atoms with Gasteiger partial charge in [0.1, 0.15) is 12.1 Å². The van der Waals surface area contributed by atoms with Gasteiger partial charge in [-0.2, -0.15) is 0 Å². The number of hydrogen-bond donors (Lipinski definition) is 5. The quantitative estimate of drug-likeness (QED) is 0.134. The van der Waals surface area contributed by atoms with Crippen molar-refractivity contribution < 1.29 is 26.8 Å². The van der Waals surface area contributed by atoms with E-state index in [1.807, 2.05) is 30.3 Å². The molecule has 184 valence electrons. The number of rotatable bonds is 11. The van der Waals surface area contributed by atoms with Gasteiger partial charge in [0, 0.05) is 18.5 Å². The van der Waals surface area contributed by atoms with Gasteiger partial charge in [-0.05, 0) is 36.6 Å². The molecule has 3 amide bonds. The Labute approximate surface area is 213 Å². The predicted molar refractivity (Wildman–Crippen MR) is 129 cm³/mol. The third kappa shape index (κ3) is 9.46. The number of nitrogens with one attached hydrogen (secondary N) is 2. The Bertz CT molecular complexity index is 1020. The van der Waals surface area contributed by atoms with Crippen LogP contribution in [0.3, 0.4) is 0 Å². The summed E-state index contributed by atoms with van der Waals surface area (Å²) in [6.45, 7) is 0.262. The highest BCUT2D eigenvalue weighted by Gasteiger charge is 2.26. The highest BCUT2D eigenvalue weighted by molar-refractivity contribution is 6.42. The molecule has 2 atom stereocenters. The lowest BCUT2D eigenvalue weighted by Gasteiger charge is -2.22. The molecular weight excluding hydrogens is 503 g/mol.